The van der Waals surface area contributed by atoms with E-state index in [2.05, 4.69) is 45.8 Å². The van der Waals surface area contributed by atoms with Crippen LogP contribution in [0.2, 0.25) is 5.28 Å². The summed E-state index contributed by atoms with van der Waals surface area (Å²) in [7, 11) is 0. The number of anilines is 1. The van der Waals surface area contributed by atoms with Crippen molar-refractivity contribution in [2.75, 3.05) is 18.0 Å². The Morgan fingerprint density at radius 2 is 2.26 bits per heavy atom. The van der Waals surface area contributed by atoms with Crippen LogP contribution in [0.4, 0.5) is 5.82 Å². The van der Waals surface area contributed by atoms with Gasteiger partial charge in [-0.2, -0.15) is 15.1 Å². The minimum Gasteiger partial charge on any atom is -0.369 e. The first-order valence-corrected chi connectivity index (χ1v) is 6.62. The van der Waals surface area contributed by atoms with Gasteiger partial charge in [0.05, 0.1) is 23.3 Å². The number of ether oxygens (including phenoxy) is 1. The number of aromatic nitrogens is 4. The van der Waals surface area contributed by atoms with Crippen molar-refractivity contribution in [3.63, 3.8) is 0 Å². The zero-order chi connectivity index (χ0) is 13.6. The van der Waals surface area contributed by atoms with Crippen LogP contribution < -0.4 is 4.90 Å². The lowest BCUT2D eigenvalue weighted by Gasteiger charge is -2.42. The van der Waals surface area contributed by atoms with E-state index in [1.54, 1.807) is 6.20 Å². The Kier molecular flexibility index (Phi) is 2.87. The van der Waals surface area contributed by atoms with E-state index in [0.717, 1.165) is 24.3 Å². The van der Waals surface area contributed by atoms with E-state index in [4.69, 9.17) is 16.3 Å². The van der Waals surface area contributed by atoms with Crippen LogP contribution in [0, 0.1) is 0 Å². The fourth-order valence-electron chi connectivity index (χ4n) is 2.65. The zero-order valence-electron chi connectivity index (χ0n) is 11.1. The molecule has 0 spiro atoms. The lowest BCUT2D eigenvalue weighted by molar-refractivity contribution is -0.0751. The maximum absolute atomic E-state index is 5.98. The molecule has 2 aromatic heterocycles. The highest BCUT2D eigenvalue weighted by atomic mass is 35.5. The molecule has 0 radical (unpaired) electrons. The quantitative estimate of drug-likeness (QED) is 0.810. The van der Waals surface area contributed by atoms with E-state index in [1.165, 1.54) is 0 Å². The summed E-state index contributed by atoms with van der Waals surface area (Å²) in [5.74, 6) is 0.812. The fraction of sp³-hybridized carbons (Fsp3) is 0.583. The number of hydrogen-bond donors (Lipinski definition) is 1. The number of nitrogens with one attached hydrogen (secondary N) is 1. The molecule has 0 bridgehead atoms. The van der Waals surface area contributed by atoms with Crippen molar-refractivity contribution in [3.05, 3.63) is 11.5 Å². The summed E-state index contributed by atoms with van der Waals surface area (Å²) < 4.78 is 5.91. The molecule has 1 N–H and O–H groups in total. The highest BCUT2D eigenvalue weighted by Crippen LogP contribution is 2.29. The van der Waals surface area contributed by atoms with Gasteiger partial charge < -0.3 is 9.64 Å². The predicted molar refractivity (Wildman–Crippen MR) is 73.5 cm³/mol. The Labute approximate surface area is 116 Å². The number of hydrogen-bond acceptors (Lipinski definition) is 5. The Bertz CT molecular complexity index is 611. The summed E-state index contributed by atoms with van der Waals surface area (Å²) >= 11 is 5.98. The average Bonchev–Trinajstić information content (AvgIpc) is 2.72. The molecule has 0 saturated carbocycles. The standard InChI is InChI=1S/C12H16ClN5O/c1-7-5-18(6-12(2,3)19-7)10-8-4-14-17-9(8)15-11(13)16-10/h4,7H,5-6H2,1-3H3,(H,14,15,16,17). The SMILES string of the molecule is CC1CN(c2nc(Cl)nc3[nH]ncc23)CC(C)(C)O1. The molecule has 0 aromatic carbocycles. The van der Waals surface area contributed by atoms with Gasteiger partial charge >= 0.3 is 0 Å². The van der Waals surface area contributed by atoms with Gasteiger partial charge in [-0.05, 0) is 32.4 Å². The second kappa shape index (κ2) is 4.31. The topological polar surface area (TPSA) is 66.9 Å². The average molecular weight is 282 g/mol. The molecule has 6 nitrogen and oxygen atoms in total. The summed E-state index contributed by atoms with van der Waals surface area (Å²) in [5, 5.41) is 7.95. The van der Waals surface area contributed by atoms with E-state index >= 15 is 0 Å². The summed E-state index contributed by atoms with van der Waals surface area (Å²) in [6, 6.07) is 0. The van der Waals surface area contributed by atoms with Gasteiger partial charge in [-0.1, -0.05) is 0 Å². The van der Waals surface area contributed by atoms with Crippen LogP contribution in [0.25, 0.3) is 11.0 Å². The van der Waals surface area contributed by atoms with Crippen LogP contribution in [-0.2, 0) is 4.74 Å². The van der Waals surface area contributed by atoms with Crippen LogP contribution >= 0.6 is 11.6 Å². The first-order chi connectivity index (χ1) is 8.94. The third-order valence-corrected chi connectivity index (χ3v) is 3.30. The van der Waals surface area contributed by atoms with Crippen molar-refractivity contribution in [2.45, 2.75) is 32.5 Å². The predicted octanol–water partition coefficient (Wildman–Crippen LogP) is 2.01. The third-order valence-electron chi connectivity index (χ3n) is 3.13. The third kappa shape index (κ3) is 2.37. The Morgan fingerprint density at radius 3 is 3.00 bits per heavy atom. The highest BCUT2D eigenvalue weighted by Gasteiger charge is 2.33. The van der Waals surface area contributed by atoms with E-state index in [9.17, 15) is 0 Å². The smallest absolute Gasteiger partial charge is 0.226 e. The van der Waals surface area contributed by atoms with Crippen LogP contribution in [0.15, 0.2) is 6.20 Å². The number of halogens is 1. The molecular formula is C12H16ClN5O. The van der Waals surface area contributed by atoms with Gasteiger partial charge in [-0.3, -0.25) is 5.10 Å². The maximum Gasteiger partial charge on any atom is 0.226 e. The molecule has 1 fully saturated rings. The summed E-state index contributed by atoms with van der Waals surface area (Å²) in [5.41, 5.74) is 0.442. The zero-order valence-corrected chi connectivity index (χ0v) is 11.9. The van der Waals surface area contributed by atoms with Crippen LogP contribution in [0.3, 0.4) is 0 Å². The molecule has 3 heterocycles. The molecule has 1 aliphatic heterocycles. The van der Waals surface area contributed by atoms with Crippen molar-refractivity contribution in [3.8, 4) is 0 Å². The van der Waals surface area contributed by atoms with Gasteiger partial charge in [0.2, 0.25) is 5.28 Å². The molecular weight excluding hydrogens is 266 g/mol. The molecule has 2 aromatic rings. The number of H-pyrrole nitrogens is 1. The van der Waals surface area contributed by atoms with E-state index in [0.29, 0.717) is 5.65 Å². The minimum absolute atomic E-state index is 0.138. The first-order valence-electron chi connectivity index (χ1n) is 6.24. The van der Waals surface area contributed by atoms with Crippen molar-refractivity contribution >= 4 is 28.5 Å². The molecule has 7 heteroatoms. The molecule has 102 valence electrons. The normalized spacial score (nSPS) is 22.9. The molecule has 0 amide bonds. The number of rotatable bonds is 1. The van der Waals surface area contributed by atoms with E-state index in [-0.39, 0.29) is 17.0 Å². The molecule has 1 atom stereocenters. The molecule has 19 heavy (non-hydrogen) atoms. The maximum atomic E-state index is 5.98. The van der Waals surface area contributed by atoms with Gasteiger partial charge in [-0.25, -0.2) is 0 Å². The van der Waals surface area contributed by atoms with Crippen molar-refractivity contribution in [1.29, 1.82) is 0 Å². The molecule has 1 saturated heterocycles. The number of aromatic amines is 1. The van der Waals surface area contributed by atoms with Crippen molar-refractivity contribution < 1.29 is 4.74 Å². The van der Waals surface area contributed by atoms with Crippen LogP contribution in [-0.4, -0.2) is 45.0 Å². The highest BCUT2D eigenvalue weighted by molar-refractivity contribution is 6.28. The summed E-state index contributed by atoms with van der Waals surface area (Å²) in [6.45, 7) is 7.74. The number of morpholine rings is 1. The van der Waals surface area contributed by atoms with E-state index < -0.39 is 0 Å². The van der Waals surface area contributed by atoms with Crippen LogP contribution in [0.5, 0.6) is 0 Å². The van der Waals surface area contributed by atoms with Gasteiger partial charge in [-0.15, -0.1) is 0 Å². The molecule has 1 unspecified atom stereocenters. The minimum atomic E-state index is -0.217. The molecule has 1 aliphatic rings. The summed E-state index contributed by atoms with van der Waals surface area (Å²) in [4.78, 5) is 10.7. The largest absolute Gasteiger partial charge is 0.369 e. The Hall–Kier alpha value is -1.40. The monoisotopic (exact) mass is 281 g/mol. The Morgan fingerprint density at radius 1 is 1.47 bits per heavy atom. The van der Waals surface area contributed by atoms with Gasteiger partial charge in [0.25, 0.3) is 0 Å². The fourth-order valence-corrected chi connectivity index (χ4v) is 2.81. The van der Waals surface area contributed by atoms with Gasteiger partial charge in [0.15, 0.2) is 5.65 Å². The lowest BCUT2D eigenvalue weighted by atomic mass is 10.1. The lowest BCUT2D eigenvalue weighted by Crippen LogP contribution is -2.52. The second-order valence-corrected chi connectivity index (χ2v) is 5.86. The Balaban J connectivity index is 2.06. The van der Waals surface area contributed by atoms with Crippen molar-refractivity contribution in [1.82, 2.24) is 20.2 Å². The first kappa shape index (κ1) is 12.6. The van der Waals surface area contributed by atoms with Crippen molar-refractivity contribution in [2.24, 2.45) is 0 Å². The molecule has 3 rings (SSSR count). The molecule has 0 aliphatic carbocycles. The van der Waals surface area contributed by atoms with Gasteiger partial charge in [0, 0.05) is 13.1 Å². The van der Waals surface area contributed by atoms with Crippen LogP contribution in [0.1, 0.15) is 20.8 Å². The summed E-state index contributed by atoms with van der Waals surface area (Å²) in [6.07, 6.45) is 1.87. The van der Waals surface area contributed by atoms with Gasteiger partial charge in [0.1, 0.15) is 5.82 Å². The second-order valence-electron chi connectivity index (χ2n) is 5.52. The van der Waals surface area contributed by atoms with E-state index in [1.807, 2.05) is 0 Å². The number of nitrogens with zero attached hydrogens (tertiary/aromatic N) is 4. The number of fused-ring (bicyclic) bond motifs is 1.